The van der Waals surface area contributed by atoms with Crippen LogP contribution in [0.4, 0.5) is 0 Å². The Labute approximate surface area is 238 Å². The Kier molecular flexibility index (Phi) is 15.1. The predicted molar refractivity (Wildman–Crippen MR) is 147 cm³/mol. The zero-order valence-corrected chi connectivity index (χ0v) is 23.4. The lowest BCUT2D eigenvalue weighted by Gasteiger charge is -2.31. The molecule has 0 spiro atoms. The van der Waals surface area contributed by atoms with Crippen molar-refractivity contribution in [2.45, 2.75) is 70.1 Å². The molecule has 5 amide bonds. The molecule has 232 valence electrons. The van der Waals surface area contributed by atoms with Gasteiger partial charge in [0.1, 0.15) is 30.7 Å². The number of nitrogens with one attached hydrogen (secondary N) is 4. The molecule has 1 saturated heterocycles. The van der Waals surface area contributed by atoms with Gasteiger partial charge in [-0.2, -0.15) is 0 Å². The lowest BCUT2D eigenvalue weighted by Crippen LogP contribution is -2.59. The molecule has 0 saturated carbocycles. The highest BCUT2D eigenvalue weighted by atomic mass is 16.4. The average Bonchev–Trinajstić information content (AvgIpc) is 3.43. The molecule has 1 aliphatic heterocycles. The number of amides is 5. The Morgan fingerprint density at radius 3 is 2.29 bits per heavy atom. The second kappa shape index (κ2) is 17.6. The van der Waals surface area contributed by atoms with Crippen molar-refractivity contribution in [3.63, 3.8) is 0 Å². The summed E-state index contributed by atoms with van der Waals surface area (Å²) in [5, 5.41) is 28.3. The van der Waals surface area contributed by atoms with Crippen LogP contribution in [0.15, 0.2) is 4.99 Å². The fourth-order valence-electron chi connectivity index (χ4n) is 4.21. The molecule has 12 N–H and O–H groups in total. The number of hydrogen-bond acceptors (Lipinski definition) is 9. The van der Waals surface area contributed by atoms with E-state index in [1.54, 1.807) is 13.8 Å². The normalized spacial score (nSPS) is 17.4. The molecule has 0 bridgehead atoms. The topological polar surface area (TPSA) is 285 Å². The molecule has 5 atom stereocenters. The Bertz CT molecular complexity index is 973. The number of aliphatic hydroxyl groups is 1. The number of carboxylic acids is 1. The van der Waals surface area contributed by atoms with Gasteiger partial charge in [0.25, 0.3) is 0 Å². The first-order valence-corrected chi connectivity index (χ1v) is 13.4. The van der Waals surface area contributed by atoms with Gasteiger partial charge in [-0.3, -0.25) is 33.8 Å². The summed E-state index contributed by atoms with van der Waals surface area (Å²) in [5.74, 6) is -5.13. The Morgan fingerprint density at radius 1 is 1.05 bits per heavy atom. The Balaban J connectivity index is 3.05. The van der Waals surface area contributed by atoms with Crippen molar-refractivity contribution in [3.05, 3.63) is 0 Å². The number of carbonyl (C=O) groups is 6. The zero-order valence-electron chi connectivity index (χ0n) is 23.4. The molecular weight excluding hydrogens is 542 g/mol. The van der Waals surface area contributed by atoms with Gasteiger partial charge in [0.2, 0.25) is 29.5 Å². The maximum Gasteiger partial charge on any atom is 0.322 e. The van der Waals surface area contributed by atoms with Crippen molar-refractivity contribution in [2.75, 3.05) is 32.8 Å². The number of hydrogen-bond donors (Lipinski definition) is 9. The molecule has 0 aliphatic carbocycles. The summed E-state index contributed by atoms with van der Waals surface area (Å²) >= 11 is 0. The molecule has 0 radical (unpaired) electrons. The summed E-state index contributed by atoms with van der Waals surface area (Å²) in [6.07, 6.45) is 1.62. The number of carbonyl (C=O) groups excluding carboxylic acids is 5. The molecule has 0 aromatic carbocycles. The van der Waals surface area contributed by atoms with Gasteiger partial charge >= 0.3 is 5.97 Å². The minimum absolute atomic E-state index is 0.0805. The van der Waals surface area contributed by atoms with Crippen molar-refractivity contribution in [1.29, 1.82) is 0 Å². The van der Waals surface area contributed by atoms with Crippen LogP contribution in [0.2, 0.25) is 0 Å². The highest BCUT2D eigenvalue weighted by Gasteiger charge is 2.39. The van der Waals surface area contributed by atoms with Crippen LogP contribution in [0.5, 0.6) is 0 Å². The van der Waals surface area contributed by atoms with Crippen LogP contribution in [0.25, 0.3) is 0 Å². The van der Waals surface area contributed by atoms with Crippen molar-refractivity contribution >= 4 is 41.5 Å². The SMILES string of the molecule is CC[C@H](C)[C@H](NC(=O)[C@@H]1CCCN1C(=O)[C@H](CO)NC(=O)CN)C(=O)N[C@@H](CCCN=C(N)N)C(=O)NCC(=O)O. The number of guanidine groups is 1. The molecular formula is C24H43N9O8. The second-order valence-electron chi connectivity index (χ2n) is 9.69. The minimum atomic E-state index is -1.28. The number of nitrogens with two attached hydrogens (primary N) is 3. The number of nitrogens with zero attached hydrogens (tertiary/aromatic N) is 2. The fraction of sp³-hybridized carbons (Fsp3) is 0.708. The first-order valence-electron chi connectivity index (χ1n) is 13.4. The summed E-state index contributed by atoms with van der Waals surface area (Å²) in [4.78, 5) is 79.9. The van der Waals surface area contributed by atoms with Crippen LogP contribution >= 0.6 is 0 Å². The van der Waals surface area contributed by atoms with Crippen LogP contribution in [-0.2, 0) is 28.8 Å². The number of aliphatic imine (C=N–C) groups is 1. The van der Waals surface area contributed by atoms with E-state index in [2.05, 4.69) is 26.3 Å². The third kappa shape index (κ3) is 11.6. The van der Waals surface area contributed by atoms with Crippen LogP contribution in [0.1, 0.15) is 46.0 Å². The lowest BCUT2D eigenvalue weighted by molar-refractivity contribution is -0.143. The van der Waals surface area contributed by atoms with E-state index in [1.807, 2.05) is 0 Å². The van der Waals surface area contributed by atoms with Crippen molar-refractivity contribution in [3.8, 4) is 0 Å². The monoisotopic (exact) mass is 585 g/mol. The molecule has 17 nitrogen and oxygen atoms in total. The summed E-state index contributed by atoms with van der Waals surface area (Å²) in [5.41, 5.74) is 15.9. The number of likely N-dealkylation sites (tertiary alicyclic amines) is 1. The highest BCUT2D eigenvalue weighted by molar-refractivity contribution is 5.96. The van der Waals surface area contributed by atoms with Crippen LogP contribution < -0.4 is 38.5 Å². The summed E-state index contributed by atoms with van der Waals surface area (Å²) < 4.78 is 0. The number of aliphatic carboxylic acids is 1. The minimum Gasteiger partial charge on any atom is -0.480 e. The van der Waals surface area contributed by atoms with E-state index in [1.165, 1.54) is 4.90 Å². The lowest BCUT2D eigenvalue weighted by atomic mass is 9.97. The zero-order chi connectivity index (χ0) is 31.1. The van der Waals surface area contributed by atoms with E-state index in [9.17, 15) is 33.9 Å². The van der Waals surface area contributed by atoms with E-state index in [0.29, 0.717) is 19.3 Å². The first kappa shape index (κ1) is 35.0. The molecule has 0 unspecified atom stereocenters. The van der Waals surface area contributed by atoms with Crippen molar-refractivity contribution in [2.24, 2.45) is 28.1 Å². The van der Waals surface area contributed by atoms with Crippen LogP contribution in [0.3, 0.4) is 0 Å². The molecule has 1 fully saturated rings. The Morgan fingerprint density at radius 2 is 1.73 bits per heavy atom. The smallest absolute Gasteiger partial charge is 0.322 e. The van der Waals surface area contributed by atoms with E-state index < -0.39 is 72.8 Å². The van der Waals surface area contributed by atoms with Gasteiger partial charge in [-0.15, -0.1) is 0 Å². The molecule has 17 heteroatoms. The Hall–Kier alpha value is -3.99. The van der Waals surface area contributed by atoms with Crippen molar-refractivity contribution < 1.29 is 39.0 Å². The van der Waals surface area contributed by atoms with Gasteiger partial charge in [-0.05, 0) is 31.6 Å². The average molecular weight is 586 g/mol. The predicted octanol–water partition coefficient (Wildman–Crippen LogP) is -4.32. The van der Waals surface area contributed by atoms with Gasteiger partial charge in [0.05, 0.1) is 13.2 Å². The number of rotatable bonds is 17. The van der Waals surface area contributed by atoms with Crippen LogP contribution in [-0.4, -0.2) is 114 Å². The van der Waals surface area contributed by atoms with E-state index in [-0.39, 0.29) is 44.4 Å². The summed E-state index contributed by atoms with van der Waals surface area (Å²) in [6.45, 7) is 2.17. The standard InChI is InChI=1S/C24H43N9O8/c1-3-13(2)19(22(40)31-14(6-4-8-28-24(26)27)20(38)29-11-18(36)37)32-21(39)16-7-5-9-33(16)23(41)15(12-34)30-17(35)10-25/h13-16,19,34H,3-12,25H2,1-2H3,(H,29,38)(H,30,35)(H,31,40)(H,32,39)(H,36,37)(H4,26,27,28)/t13-,14-,15-,16-,19-/m0/s1. The van der Waals surface area contributed by atoms with Crippen LogP contribution in [0, 0.1) is 5.92 Å². The second-order valence-corrected chi connectivity index (χ2v) is 9.69. The molecule has 41 heavy (non-hydrogen) atoms. The number of carboxylic acid groups (broad SMARTS) is 1. The third-order valence-corrected chi connectivity index (χ3v) is 6.63. The van der Waals surface area contributed by atoms with E-state index >= 15 is 0 Å². The van der Waals surface area contributed by atoms with Gasteiger partial charge < -0.3 is 53.6 Å². The van der Waals surface area contributed by atoms with E-state index in [0.717, 1.165) is 0 Å². The quantitative estimate of drug-likeness (QED) is 0.0447. The van der Waals surface area contributed by atoms with Gasteiger partial charge in [0.15, 0.2) is 5.96 Å². The summed E-state index contributed by atoms with van der Waals surface area (Å²) in [6, 6.07) is -4.47. The number of aliphatic hydroxyl groups excluding tert-OH is 1. The molecule has 1 aliphatic rings. The van der Waals surface area contributed by atoms with Crippen molar-refractivity contribution in [1.82, 2.24) is 26.2 Å². The maximum atomic E-state index is 13.3. The first-order chi connectivity index (χ1) is 19.4. The van der Waals surface area contributed by atoms with Gasteiger partial charge in [-0.1, -0.05) is 20.3 Å². The fourth-order valence-corrected chi connectivity index (χ4v) is 4.21. The third-order valence-electron chi connectivity index (χ3n) is 6.63. The molecule has 0 aromatic heterocycles. The van der Waals surface area contributed by atoms with Gasteiger partial charge in [-0.25, -0.2) is 0 Å². The molecule has 0 aromatic rings. The van der Waals surface area contributed by atoms with Gasteiger partial charge in [0, 0.05) is 13.1 Å². The highest BCUT2D eigenvalue weighted by Crippen LogP contribution is 2.20. The molecule has 1 rings (SSSR count). The van der Waals surface area contributed by atoms with E-state index in [4.69, 9.17) is 22.3 Å². The summed E-state index contributed by atoms with van der Waals surface area (Å²) in [7, 11) is 0. The largest absolute Gasteiger partial charge is 0.480 e. The molecule has 1 heterocycles. The maximum absolute atomic E-state index is 13.3.